The van der Waals surface area contributed by atoms with Crippen LogP contribution in [0.2, 0.25) is 0 Å². The van der Waals surface area contributed by atoms with Gasteiger partial charge in [-0.3, -0.25) is 9.79 Å². The summed E-state index contributed by atoms with van der Waals surface area (Å²) < 4.78 is 11.5. The molecule has 2 aliphatic rings. The van der Waals surface area contributed by atoms with Gasteiger partial charge in [-0.15, -0.1) is 0 Å². The summed E-state index contributed by atoms with van der Waals surface area (Å²) in [5.41, 5.74) is 4.56. The van der Waals surface area contributed by atoms with E-state index in [-0.39, 0.29) is 36.1 Å². The van der Waals surface area contributed by atoms with Gasteiger partial charge in [0.1, 0.15) is 0 Å². The highest BCUT2D eigenvalue weighted by Gasteiger charge is 2.37. The van der Waals surface area contributed by atoms with E-state index < -0.39 is 0 Å². The number of benzene rings is 2. The summed E-state index contributed by atoms with van der Waals surface area (Å²) in [5.74, 6) is 1.52. The standard InChI is InChI=1S/C29H38N2O4/c1-7-35-27-15-22-23-14-21(32)11-12-25(23)30-28(24(22)16-26(27)34-6)19-9-8-10-20(13-19)29(33)31(17(2)3)18(4)5/h8-10,13,15-18,21,23,25,32H,7,11-12,14H2,1-6H3/t21-,23-,25-/m1/s1. The second-order valence-corrected chi connectivity index (χ2v) is 10.1. The molecule has 0 radical (unpaired) electrons. The predicted molar refractivity (Wildman–Crippen MR) is 139 cm³/mol. The summed E-state index contributed by atoms with van der Waals surface area (Å²) in [6.45, 7) is 10.7. The van der Waals surface area contributed by atoms with E-state index in [4.69, 9.17) is 14.5 Å². The molecule has 3 atom stereocenters. The highest BCUT2D eigenvalue weighted by Crippen LogP contribution is 2.45. The molecular formula is C29H38N2O4. The van der Waals surface area contributed by atoms with Gasteiger partial charge in [0, 0.05) is 34.7 Å². The summed E-state index contributed by atoms with van der Waals surface area (Å²) in [6.07, 6.45) is 1.94. The van der Waals surface area contributed by atoms with E-state index in [2.05, 4.69) is 6.07 Å². The van der Waals surface area contributed by atoms with Crippen LogP contribution >= 0.6 is 0 Å². The van der Waals surface area contributed by atoms with Gasteiger partial charge >= 0.3 is 0 Å². The first kappa shape index (κ1) is 25.2. The zero-order valence-electron chi connectivity index (χ0n) is 21.7. The van der Waals surface area contributed by atoms with Crippen molar-refractivity contribution in [1.29, 1.82) is 0 Å². The number of hydrogen-bond donors (Lipinski definition) is 1. The molecule has 1 aliphatic heterocycles. The minimum absolute atomic E-state index is 0.0245. The van der Waals surface area contributed by atoms with Crippen molar-refractivity contribution < 1.29 is 19.4 Å². The van der Waals surface area contributed by atoms with Gasteiger partial charge in [0.05, 0.1) is 31.6 Å². The van der Waals surface area contributed by atoms with Crippen molar-refractivity contribution in [3.63, 3.8) is 0 Å². The van der Waals surface area contributed by atoms with E-state index >= 15 is 0 Å². The number of aliphatic hydroxyl groups is 1. The molecule has 35 heavy (non-hydrogen) atoms. The highest BCUT2D eigenvalue weighted by molar-refractivity contribution is 6.15. The van der Waals surface area contributed by atoms with Crippen LogP contribution in [0.5, 0.6) is 11.5 Å². The molecular weight excluding hydrogens is 440 g/mol. The van der Waals surface area contributed by atoms with Crippen LogP contribution in [-0.2, 0) is 0 Å². The molecule has 0 aromatic heterocycles. The molecule has 4 rings (SSSR count). The molecule has 0 spiro atoms. The van der Waals surface area contributed by atoms with Crippen LogP contribution in [0, 0.1) is 0 Å². The normalized spacial score (nSPS) is 21.3. The van der Waals surface area contributed by atoms with Gasteiger partial charge in [0.2, 0.25) is 0 Å². The van der Waals surface area contributed by atoms with Gasteiger partial charge in [-0.1, -0.05) is 12.1 Å². The van der Waals surface area contributed by atoms with Gasteiger partial charge in [0.15, 0.2) is 11.5 Å². The molecule has 1 saturated carbocycles. The van der Waals surface area contributed by atoms with E-state index in [9.17, 15) is 9.90 Å². The second kappa shape index (κ2) is 10.4. The highest BCUT2D eigenvalue weighted by atomic mass is 16.5. The average Bonchev–Trinajstić information content (AvgIpc) is 2.83. The fourth-order valence-corrected chi connectivity index (χ4v) is 5.62. The lowest BCUT2D eigenvalue weighted by molar-refractivity contribution is 0.0643. The number of methoxy groups -OCH3 is 1. The topological polar surface area (TPSA) is 71.4 Å². The van der Waals surface area contributed by atoms with Crippen molar-refractivity contribution in [2.24, 2.45) is 4.99 Å². The maximum absolute atomic E-state index is 13.4. The molecule has 1 fully saturated rings. The number of ether oxygens (including phenoxy) is 2. The molecule has 0 unspecified atom stereocenters. The number of fused-ring (bicyclic) bond motifs is 3. The van der Waals surface area contributed by atoms with Crippen LogP contribution < -0.4 is 9.47 Å². The Hall–Kier alpha value is -2.86. The lowest BCUT2D eigenvalue weighted by Gasteiger charge is -2.37. The Labute approximate surface area is 209 Å². The van der Waals surface area contributed by atoms with E-state index in [0.29, 0.717) is 30.1 Å². The van der Waals surface area contributed by atoms with E-state index in [1.165, 1.54) is 0 Å². The first-order valence-corrected chi connectivity index (χ1v) is 12.8. The van der Waals surface area contributed by atoms with Gasteiger partial charge in [-0.05, 0) is 83.7 Å². The molecule has 1 heterocycles. The number of rotatable bonds is 7. The van der Waals surface area contributed by atoms with E-state index in [1.54, 1.807) is 7.11 Å². The number of carbonyl (C=O) groups is 1. The Morgan fingerprint density at radius 1 is 1.11 bits per heavy atom. The molecule has 2 aromatic carbocycles. The van der Waals surface area contributed by atoms with Crippen LogP contribution in [0.4, 0.5) is 0 Å². The minimum atomic E-state index is -0.322. The summed E-state index contributed by atoms with van der Waals surface area (Å²) >= 11 is 0. The predicted octanol–water partition coefficient (Wildman–Crippen LogP) is 5.20. The van der Waals surface area contributed by atoms with E-state index in [0.717, 1.165) is 35.2 Å². The van der Waals surface area contributed by atoms with Crippen LogP contribution in [0.1, 0.15) is 86.8 Å². The molecule has 0 saturated heterocycles. The minimum Gasteiger partial charge on any atom is -0.493 e. The van der Waals surface area contributed by atoms with Crippen molar-refractivity contribution in [3.8, 4) is 11.5 Å². The molecule has 1 N–H and O–H groups in total. The van der Waals surface area contributed by atoms with Crippen molar-refractivity contribution in [2.45, 2.75) is 84.0 Å². The van der Waals surface area contributed by atoms with Crippen LogP contribution in [0.15, 0.2) is 41.4 Å². The maximum Gasteiger partial charge on any atom is 0.254 e. The van der Waals surface area contributed by atoms with E-state index in [1.807, 2.05) is 69.9 Å². The lowest BCUT2D eigenvalue weighted by atomic mass is 9.74. The number of aliphatic imine (C=N–C) groups is 1. The average molecular weight is 479 g/mol. The summed E-state index contributed by atoms with van der Waals surface area (Å²) in [5, 5.41) is 10.4. The zero-order chi connectivity index (χ0) is 25.3. The van der Waals surface area contributed by atoms with Crippen LogP contribution in [0.25, 0.3) is 0 Å². The monoisotopic (exact) mass is 478 g/mol. The first-order chi connectivity index (χ1) is 16.7. The largest absolute Gasteiger partial charge is 0.493 e. The SMILES string of the molecule is CCOc1cc2c(cc1OC)C(c1cccc(C(=O)N(C(C)C)C(C)C)c1)=N[C@@H]1CC[C@@H](O)C[C@H]21. The molecule has 1 aliphatic carbocycles. The van der Waals surface area contributed by atoms with Crippen molar-refractivity contribution in [2.75, 3.05) is 13.7 Å². The quantitative estimate of drug-likeness (QED) is 0.594. The number of amides is 1. The number of nitrogens with zero attached hydrogens (tertiary/aromatic N) is 2. The van der Waals surface area contributed by atoms with Crippen LogP contribution in [0.3, 0.4) is 0 Å². The van der Waals surface area contributed by atoms with Gasteiger partial charge < -0.3 is 19.5 Å². The van der Waals surface area contributed by atoms with Crippen molar-refractivity contribution in [1.82, 2.24) is 4.90 Å². The summed E-state index contributed by atoms with van der Waals surface area (Å²) in [4.78, 5) is 20.5. The van der Waals surface area contributed by atoms with Gasteiger partial charge in [-0.2, -0.15) is 0 Å². The molecule has 6 nitrogen and oxygen atoms in total. The molecule has 2 aromatic rings. The fourth-order valence-electron chi connectivity index (χ4n) is 5.62. The Balaban J connectivity index is 1.82. The smallest absolute Gasteiger partial charge is 0.254 e. The Morgan fingerprint density at radius 2 is 1.86 bits per heavy atom. The van der Waals surface area contributed by atoms with Gasteiger partial charge in [-0.25, -0.2) is 0 Å². The molecule has 0 bridgehead atoms. The first-order valence-electron chi connectivity index (χ1n) is 12.8. The van der Waals surface area contributed by atoms with Crippen LogP contribution in [-0.4, -0.2) is 59.6 Å². The van der Waals surface area contributed by atoms with Crippen molar-refractivity contribution >= 4 is 11.6 Å². The molecule has 6 heteroatoms. The number of carbonyl (C=O) groups excluding carboxylic acids is 1. The molecule has 1 amide bonds. The third kappa shape index (κ3) is 4.94. The Morgan fingerprint density at radius 3 is 2.51 bits per heavy atom. The zero-order valence-corrected chi connectivity index (χ0v) is 21.7. The summed E-state index contributed by atoms with van der Waals surface area (Å²) in [6, 6.07) is 12.2. The Bertz CT molecular complexity index is 1100. The third-order valence-corrected chi connectivity index (χ3v) is 7.10. The fraction of sp³-hybridized carbons (Fsp3) is 0.517. The lowest BCUT2D eigenvalue weighted by Crippen LogP contribution is -2.42. The summed E-state index contributed by atoms with van der Waals surface area (Å²) in [7, 11) is 1.64. The third-order valence-electron chi connectivity index (χ3n) is 7.10. The Kier molecular flexibility index (Phi) is 7.50. The van der Waals surface area contributed by atoms with Gasteiger partial charge in [0.25, 0.3) is 5.91 Å². The second-order valence-electron chi connectivity index (χ2n) is 10.1. The number of aliphatic hydroxyl groups excluding tert-OH is 1. The molecule has 188 valence electrons. The number of hydrogen-bond acceptors (Lipinski definition) is 5. The van der Waals surface area contributed by atoms with Crippen molar-refractivity contribution in [3.05, 3.63) is 58.7 Å². The maximum atomic E-state index is 13.4.